The molecule has 0 heterocycles. The van der Waals surface area contributed by atoms with Gasteiger partial charge in [-0.05, 0) is 31.2 Å². The standard InChI is InChI=1S/C14H14ClNOS/c1-2-17-11-7-5-9-13(14(11)16)18-12-8-4-3-6-10(12)15/h3-9H,2,16H2,1H3. The fourth-order valence-electron chi connectivity index (χ4n) is 1.54. The quantitative estimate of drug-likeness (QED) is 0.839. The van der Waals surface area contributed by atoms with Crippen molar-refractivity contribution >= 4 is 29.1 Å². The molecule has 0 aliphatic heterocycles. The topological polar surface area (TPSA) is 35.2 Å². The molecule has 0 saturated heterocycles. The van der Waals surface area contributed by atoms with Crippen molar-refractivity contribution in [2.45, 2.75) is 16.7 Å². The van der Waals surface area contributed by atoms with Crippen molar-refractivity contribution in [2.24, 2.45) is 0 Å². The zero-order valence-electron chi connectivity index (χ0n) is 10.0. The zero-order valence-corrected chi connectivity index (χ0v) is 11.6. The number of nitrogen functional groups attached to an aromatic ring is 1. The number of nitrogens with two attached hydrogens (primary N) is 1. The molecule has 94 valence electrons. The minimum absolute atomic E-state index is 0.602. The Morgan fingerprint density at radius 2 is 1.83 bits per heavy atom. The van der Waals surface area contributed by atoms with Crippen molar-refractivity contribution in [3.05, 3.63) is 47.5 Å². The van der Waals surface area contributed by atoms with E-state index in [2.05, 4.69) is 0 Å². The smallest absolute Gasteiger partial charge is 0.143 e. The van der Waals surface area contributed by atoms with Crippen molar-refractivity contribution < 1.29 is 4.74 Å². The van der Waals surface area contributed by atoms with E-state index in [9.17, 15) is 0 Å². The Hall–Kier alpha value is -1.32. The van der Waals surface area contributed by atoms with Crippen LogP contribution in [0.2, 0.25) is 5.02 Å². The summed E-state index contributed by atoms with van der Waals surface area (Å²) in [5.41, 5.74) is 6.74. The summed E-state index contributed by atoms with van der Waals surface area (Å²) in [5.74, 6) is 0.717. The molecule has 0 aromatic heterocycles. The van der Waals surface area contributed by atoms with E-state index in [4.69, 9.17) is 22.1 Å². The highest BCUT2D eigenvalue weighted by Crippen LogP contribution is 2.39. The molecule has 18 heavy (non-hydrogen) atoms. The highest BCUT2D eigenvalue weighted by atomic mass is 35.5. The van der Waals surface area contributed by atoms with Gasteiger partial charge >= 0.3 is 0 Å². The van der Waals surface area contributed by atoms with E-state index in [0.29, 0.717) is 12.3 Å². The van der Waals surface area contributed by atoms with E-state index in [1.54, 1.807) is 11.8 Å². The van der Waals surface area contributed by atoms with Crippen molar-refractivity contribution in [3.63, 3.8) is 0 Å². The van der Waals surface area contributed by atoms with Gasteiger partial charge in [0.15, 0.2) is 0 Å². The summed E-state index contributed by atoms with van der Waals surface area (Å²) in [5, 5.41) is 0.726. The third-order valence-electron chi connectivity index (χ3n) is 2.38. The van der Waals surface area contributed by atoms with Gasteiger partial charge < -0.3 is 10.5 Å². The SMILES string of the molecule is CCOc1cccc(Sc2ccccc2Cl)c1N. The average Bonchev–Trinajstić information content (AvgIpc) is 2.37. The van der Waals surface area contributed by atoms with Crippen molar-refractivity contribution in [1.29, 1.82) is 0 Å². The lowest BCUT2D eigenvalue weighted by molar-refractivity contribution is 0.341. The molecule has 0 saturated carbocycles. The van der Waals surface area contributed by atoms with E-state index in [0.717, 1.165) is 20.6 Å². The van der Waals surface area contributed by atoms with Crippen LogP contribution in [0.5, 0.6) is 5.75 Å². The minimum atomic E-state index is 0.602. The molecular formula is C14H14ClNOS. The number of halogens is 1. The second-order valence-electron chi connectivity index (χ2n) is 3.63. The summed E-state index contributed by atoms with van der Waals surface area (Å²) >= 11 is 7.68. The van der Waals surface area contributed by atoms with Crippen molar-refractivity contribution in [3.8, 4) is 5.75 Å². The first-order chi connectivity index (χ1) is 8.72. The van der Waals surface area contributed by atoms with Gasteiger partial charge in [0, 0.05) is 9.79 Å². The molecule has 0 fully saturated rings. The summed E-state index contributed by atoms with van der Waals surface area (Å²) < 4.78 is 5.47. The Morgan fingerprint density at radius 1 is 1.11 bits per heavy atom. The Kier molecular flexibility index (Phi) is 4.39. The van der Waals surface area contributed by atoms with E-state index in [1.165, 1.54) is 0 Å². The van der Waals surface area contributed by atoms with E-state index in [1.807, 2.05) is 49.4 Å². The van der Waals surface area contributed by atoms with Crippen LogP contribution in [0.25, 0.3) is 0 Å². The molecule has 0 radical (unpaired) electrons. The Morgan fingerprint density at radius 3 is 2.56 bits per heavy atom. The van der Waals surface area contributed by atoms with Gasteiger partial charge in [0.1, 0.15) is 5.75 Å². The molecular weight excluding hydrogens is 266 g/mol. The maximum atomic E-state index is 6.13. The zero-order chi connectivity index (χ0) is 13.0. The third kappa shape index (κ3) is 2.92. The highest BCUT2D eigenvalue weighted by Gasteiger charge is 2.08. The maximum Gasteiger partial charge on any atom is 0.143 e. The average molecular weight is 280 g/mol. The lowest BCUT2D eigenvalue weighted by atomic mass is 10.3. The Balaban J connectivity index is 2.30. The molecule has 2 nitrogen and oxygen atoms in total. The van der Waals surface area contributed by atoms with Gasteiger partial charge in [-0.15, -0.1) is 0 Å². The Bertz CT molecular complexity index is 545. The van der Waals surface area contributed by atoms with Gasteiger partial charge in [0.05, 0.1) is 17.3 Å². The number of hydrogen-bond acceptors (Lipinski definition) is 3. The van der Waals surface area contributed by atoms with Crippen LogP contribution >= 0.6 is 23.4 Å². The first-order valence-corrected chi connectivity index (χ1v) is 6.85. The summed E-state index contributed by atoms with van der Waals surface area (Å²) in [4.78, 5) is 1.94. The first kappa shape index (κ1) is 13.1. The van der Waals surface area contributed by atoms with Crippen LogP contribution in [0.3, 0.4) is 0 Å². The number of para-hydroxylation sites is 1. The molecule has 2 rings (SSSR count). The number of rotatable bonds is 4. The molecule has 0 bridgehead atoms. The van der Waals surface area contributed by atoms with Crippen LogP contribution in [0.1, 0.15) is 6.92 Å². The fourth-order valence-corrected chi connectivity index (χ4v) is 2.70. The molecule has 2 N–H and O–H groups in total. The van der Waals surface area contributed by atoms with E-state index in [-0.39, 0.29) is 0 Å². The molecule has 0 atom stereocenters. The summed E-state index contributed by atoms with van der Waals surface area (Å²) in [6.45, 7) is 2.54. The number of ether oxygens (including phenoxy) is 1. The maximum absolute atomic E-state index is 6.13. The summed E-state index contributed by atoms with van der Waals surface area (Å²) in [6.07, 6.45) is 0. The number of anilines is 1. The van der Waals surface area contributed by atoms with Crippen LogP contribution in [0.15, 0.2) is 52.3 Å². The number of hydrogen-bond donors (Lipinski definition) is 1. The van der Waals surface area contributed by atoms with Gasteiger partial charge in [-0.1, -0.05) is 41.6 Å². The van der Waals surface area contributed by atoms with E-state index >= 15 is 0 Å². The van der Waals surface area contributed by atoms with Gasteiger partial charge in [0.2, 0.25) is 0 Å². The second-order valence-corrected chi connectivity index (χ2v) is 5.12. The van der Waals surface area contributed by atoms with Crippen LogP contribution in [-0.2, 0) is 0 Å². The molecule has 0 unspecified atom stereocenters. The predicted molar refractivity (Wildman–Crippen MR) is 77.6 cm³/mol. The normalized spacial score (nSPS) is 10.3. The highest BCUT2D eigenvalue weighted by molar-refractivity contribution is 7.99. The lowest BCUT2D eigenvalue weighted by Gasteiger charge is -2.11. The summed E-state index contributed by atoms with van der Waals surface area (Å²) in [6, 6.07) is 13.5. The van der Waals surface area contributed by atoms with Crippen LogP contribution < -0.4 is 10.5 Å². The molecule has 2 aromatic carbocycles. The monoisotopic (exact) mass is 279 g/mol. The number of benzene rings is 2. The predicted octanol–water partition coefficient (Wildman–Crippen LogP) is 4.47. The second kappa shape index (κ2) is 6.03. The molecule has 2 aromatic rings. The van der Waals surface area contributed by atoms with Crippen LogP contribution in [0, 0.1) is 0 Å². The molecule has 0 spiro atoms. The first-order valence-electron chi connectivity index (χ1n) is 5.66. The molecule has 0 amide bonds. The largest absolute Gasteiger partial charge is 0.492 e. The van der Waals surface area contributed by atoms with Gasteiger partial charge in [0.25, 0.3) is 0 Å². The van der Waals surface area contributed by atoms with Crippen molar-refractivity contribution in [2.75, 3.05) is 12.3 Å². The van der Waals surface area contributed by atoms with Crippen molar-refractivity contribution in [1.82, 2.24) is 0 Å². The lowest BCUT2D eigenvalue weighted by Crippen LogP contribution is -1.97. The fraction of sp³-hybridized carbons (Fsp3) is 0.143. The molecule has 4 heteroatoms. The van der Waals surface area contributed by atoms with Gasteiger partial charge in [-0.3, -0.25) is 0 Å². The van der Waals surface area contributed by atoms with E-state index < -0.39 is 0 Å². The van der Waals surface area contributed by atoms with Gasteiger partial charge in [-0.2, -0.15) is 0 Å². The van der Waals surface area contributed by atoms with Crippen LogP contribution in [-0.4, -0.2) is 6.61 Å². The summed E-state index contributed by atoms with van der Waals surface area (Å²) in [7, 11) is 0. The van der Waals surface area contributed by atoms with Gasteiger partial charge in [-0.25, -0.2) is 0 Å². The third-order valence-corrected chi connectivity index (χ3v) is 3.98. The minimum Gasteiger partial charge on any atom is -0.492 e. The Labute approximate surface area is 116 Å². The molecule has 0 aliphatic rings. The van der Waals surface area contributed by atoms with Crippen LogP contribution in [0.4, 0.5) is 5.69 Å². The molecule has 0 aliphatic carbocycles.